The maximum absolute atomic E-state index is 13.4. The van der Waals surface area contributed by atoms with E-state index in [1.54, 1.807) is 25.1 Å². The van der Waals surface area contributed by atoms with Crippen LogP contribution in [0.3, 0.4) is 0 Å². The Morgan fingerprint density at radius 1 is 1.18 bits per heavy atom. The number of pyridine rings is 1. The molecule has 28 heavy (non-hydrogen) atoms. The highest BCUT2D eigenvalue weighted by Crippen LogP contribution is 2.39. The van der Waals surface area contributed by atoms with Crippen molar-refractivity contribution in [2.45, 2.75) is 30.1 Å². The van der Waals surface area contributed by atoms with Crippen molar-refractivity contribution in [2.24, 2.45) is 0 Å². The number of nitro groups is 1. The lowest BCUT2D eigenvalue weighted by atomic mass is 10.1. The van der Waals surface area contributed by atoms with Gasteiger partial charge in [0.25, 0.3) is 5.69 Å². The van der Waals surface area contributed by atoms with E-state index in [9.17, 15) is 23.3 Å². The number of nitrogens with one attached hydrogen (secondary N) is 1. The number of rotatable bonds is 5. The molecule has 0 aliphatic rings. The van der Waals surface area contributed by atoms with Gasteiger partial charge in [0.15, 0.2) is 4.90 Å². The van der Waals surface area contributed by atoms with Crippen LogP contribution < -0.4 is 5.32 Å². The van der Waals surface area contributed by atoms with Crippen molar-refractivity contribution >= 4 is 38.0 Å². The maximum Gasteiger partial charge on any atom is 0.297 e. The van der Waals surface area contributed by atoms with Crippen LogP contribution in [0.15, 0.2) is 58.5 Å². The number of aryl methyl sites for hydroxylation is 1. The third-order valence-electron chi connectivity index (χ3n) is 4.25. The molecule has 0 atom stereocenters. The molecule has 0 saturated heterocycles. The standard InChI is InChI=1S/C19H17N3O5S/c1-3-13-7-4-5-9-16(13)28(26,27)17-11-15(21-12(2)23)18-14(8-6-10-20-18)19(17)22(24)25/h4-11H,3H2,1-2H3,(H,21,23). The van der Waals surface area contributed by atoms with E-state index in [-0.39, 0.29) is 21.5 Å². The Balaban J connectivity index is 2.44. The van der Waals surface area contributed by atoms with Gasteiger partial charge in [-0.05, 0) is 36.2 Å². The number of anilines is 1. The van der Waals surface area contributed by atoms with E-state index in [1.165, 1.54) is 31.3 Å². The number of benzene rings is 2. The molecule has 0 spiro atoms. The molecule has 1 heterocycles. The molecular formula is C19H17N3O5S. The van der Waals surface area contributed by atoms with E-state index in [0.29, 0.717) is 12.0 Å². The van der Waals surface area contributed by atoms with E-state index in [2.05, 4.69) is 10.3 Å². The summed E-state index contributed by atoms with van der Waals surface area (Å²) in [5.74, 6) is -0.446. The number of nitrogens with zero attached hydrogens (tertiary/aromatic N) is 2. The Bertz CT molecular complexity index is 1210. The molecule has 0 fully saturated rings. The molecule has 0 bridgehead atoms. The molecule has 3 rings (SSSR count). The summed E-state index contributed by atoms with van der Waals surface area (Å²) in [4.78, 5) is 26.3. The Labute approximate surface area is 161 Å². The van der Waals surface area contributed by atoms with Gasteiger partial charge in [0, 0.05) is 13.1 Å². The van der Waals surface area contributed by atoms with Gasteiger partial charge < -0.3 is 5.32 Å². The quantitative estimate of drug-likeness (QED) is 0.518. The molecular weight excluding hydrogens is 382 g/mol. The van der Waals surface area contributed by atoms with Crippen LogP contribution in [-0.2, 0) is 21.1 Å². The average molecular weight is 399 g/mol. The van der Waals surface area contributed by atoms with Gasteiger partial charge in [-0.3, -0.25) is 19.9 Å². The third-order valence-corrected chi connectivity index (χ3v) is 6.12. The van der Waals surface area contributed by atoms with Crippen molar-refractivity contribution < 1.29 is 18.1 Å². The Morgan fingerprint density at radius 2 is 1.89 bits per heavy atom. The number of carbonyl (C=O) groups is 1. The minimum Gasteiger partial charge on any atom is -0.324 e. The smallest absolute Gasteiger partial charge is 0.297 e. The van der Waals surface area contributed by atoms with Crippen molar-refractivity contribution in [1.29, 1.82) is 0 Å². The first-order valence-corrected chi connectivity index (χ1v) is 9.92. The van der Waals surface area contributed by atoms with Crippen LogP contribution >= 0.6 is 0 Å². The highest BCUT2D eigenvalue weighted by Gasteiger charge is 2.33. The number of hydrogen-bond acceptors (Lipinski definition) is 6. The zero-order chi connectivity index (χ0) is 20.5. The van der Waals surface area contributed by atoms with Gasteiger partial charge in [0.2, 0.25) is 15.7 Å². The average Bonchev–Trinajstić information content (AvgIpc) is 2.67. The van der Waals surface area contributed by atoms with Gasteiger partial charge in [0.1, 0.15) is 5.52 Å². The lowest BCUT2D eigenvalue weighted by Crippen LogP contribution is -2.12. The number of hydrogen-bond donors (Lipinski definition) is 1. The van der Waals surface area contributed by atoms with Crippen LogP contribution in [0.4, 0.5) is 11.4 Å². The topological polar surface area (TPSA) is 119 Å². The zero-order valence-electron chi connectivity index (χ0n) is 15.2. The molecule has 0 unspecified atom stereocenters. The molecule has 2 aromatic carbocycles. The van der Waals surface area contributed by atoms with E-state index in [4.69, 9.17) is 0 Å². The molecule has 0 saturated carbocycles. The SMILES string of the molecule is CCc1ccccc1S(=O)(=O)c1cc(NC(C)=O)c2ncccc2c1[N+](=O)[O-]. The molecule has 1 amide bonds. The fourth-order valence-electron chi connectivity index (χ4n) is 3.07. The van der Waals surface area contributed by atoms with Gasteiger partial charge >= 0.3 is 0 Å². The number of sulfone groups is 1. The second-order valence-corrected chi connectivity index (χ2v) is 7.96. The van der Waals surface area contributed by atoms with Gasteiger partial charge in [-0.15, -0.1) is 0 Å². The van der Waals surface area contributed by atoms with E-state index in [1.807, 2.05) is 0 Å². The van der Waals surface area contributed by atoms with Crippen molar-refractivity contribution in [1.82, 2.24) is 4.98 Å². The first-order valence-electron chi connectivity index (χ1n) is 8.44. The Morgan fingerprint density at radius 3 is 2.54 bits per heavy atom. The van der Waals surface area contributed by atoms with Crippen LogP contribution in [0.2, 0.25) is 0 Å². The largest absolute Gasteiger partial charge is 0.324 e. The number of amides is 1. The molecule has 1 aromatic heterocycles. The normalized spacial score (nSPS) is 11.4. The summed E-state index contributed by atoms with van der Waals surface area (Å²) in [6.45, 7) is 3.06. The fraction of sp³-hybridized carbons (Fsp3) is 0.158. The lowest BCUT2D eigenvalue weighted by Gasteiger charge is -2.13. The van der Waals surface area contributed by atoms with Gasteiger partial charge in [-0.25, -0.2) is 8.42 Å². The maximum atomic E-state index is 13.4. The number of aromatic nitrogens is 1. The summed E-state index contributed by atoms with van der Waals surface area (Å²) in [6, 6.07) is 10.4. The first kappa shape index (κ1) is 19.4. The predicted octanol–water partition coefficient (Wildman–Crippen LogP) is 3.50. The van der Waals surface area contributed by atoms with Crippen LogP contribution in [-0.4, -0.2) is 24.2 Å². The molecule has 3 aromatic rings. The molecule has 1 N–H and O–H groups in total. The van der Waals surface area contributed by atoms with E-state index in [0.717, 1.165) is 6.07 Å². The zero-order valence-corrected chi connectivity index (χ0v) is 16.0. The molecule has 0 radical (unpaired) electrons. The van der Waals surface area contributed by atoms with Crippen LogP contribution in [0.25, 0.3) is 10.9 Å². The second kappa shape index (κ2) is 7.35. The summed E-state index contributed by atoms with van der Waals surface area (Å²) in [5, 5.41) is 14.4. The molecule has 8 nitrogen and oxygen atoms in total. The summed E-state index contributed by atoms with van der Waals surface area (Å²) >= 11 is 0. The van der Waals surface area contributed by atoms with Gasteiger partial charge in [-0.2, -0.15) is 0 Å². The van der Waals surface area contributed by atoms with Gasteiger partial charge in [0.05, 0.1) is 20.9 Å². The number of nitro benzene ring substituents is 1. The highest BCUT2D eigenvalue weighted by molar-refractivity contribution is 7.91. The second-order valence-electron chi connectivity index (χ2n) is 6.07. The Hall–Kier alpha value is -3.33. The van der Waals surface area contributed by atoms with Crippen molar-refractivity contribution in [3.8, 4) is 0 Å². The number of fused-ring (bicyclic) bond motifs is 1. The van der Waals surface area contributed by atoms with Crippen LogP contribution in [0.1, 0.15) is 19.4 Å². The third kappa shape index (κ3) is 3.31. The molecule has 0 aliphatic carbocycles. The fourth-order valence-corrected chi connectivity index (χ4v) is 4.83. The summed E-state index contributed by atoms with van der Waals surface area (Å²) in [7, 11) is -4.23. The van der Waals surface area contributed by atoms with Crippen LogP contribution in [0, 0.1) is 10.1 Å². The monoisotopic (exact) mass is 399 g/mol. The van der Waals surface area contributed by atoms with Gasteiger partial charge in [-0.1, -0.05) is 25.1 Å². The summed E-state index contributed by atoms with van der Waals surface area (Å²) in [5.41, 5.74) is 0.223. The molecule has 0 aliphatic heterocycles. The minimum atomic E-state index is -4.23. The van der Waals surface area contributed by atoms with E-state index >= 15 is 0 Å². The van der Waals surface area contributed by atoms with E-state index < -0.39 is 31.3 Å². The number of carbonyl (C=O) groups excluding carboxylic acids is 1. The summed E-state index contributed by atoms with van der Waals surface area (Å²) in [6.07, 6.45) is 1.86. The first-order chi connectivity index (χ1) is 13.3. The minimum absolute atomic E-state index is 0.00221. The predicted molar refractivity (Wildman–Crippen MR) is 104 cm³/mol. The molecule has 9 heteroatoms. The van der Waals surface area contributed by atoms with Crippen LogP contribution in [0.5, 0.6) is 0 Å². The highest BCUT2D eigenvalue weighted by atomic mass is 32.2. The lowest BCUT2D eigenvalue weighted by molar-refractivity contribution is -0.386. The van der Waals surface area contributed by atoms with Crippen molar-refractivity contribution in [2.75, 3.05) is 5.32 Å². The van der Waals surface area contributed by atoms with Crippen molar-refractivity contribution in [3.63, 3.8) is 0 Å². The Kier molecular flexibility index (Phi) is 5.10. The molecule has 144 valence electrons. The van der Waals surface area contributed by atoms with Crippen molar-refractivity contribution in [3.05, 3.63) is 64.3 Å². The summed E-state index contributed by atoms with van der Waals surface area (Å²) < 4.78 is 26.8.